The molecule has 1 nitrogen and oxygen atoms in total. The molecule has 0 saturated carbocycles. The molecule has 0 saturated heterocycles. The van der Waals surface area contributed by atoms with Crippen LogP contribution in [0.2, 0.25) is 0 Å². The molecule has 0 fully saturated rings. The first-order valence-corrected chi connectivity index (χ1v) is 6.82. The number of aryl methyl sites for hydroxylation is 6. The Bertz CT molecular complexity index is 819. The fourth-order valence-corrected chi connectivity index (χ4v) is 3.47. The Balaban J connectivity index is 2.73. The lowest BCUT2D eigenvalue weighted by Gasteiger charge is -2.16. The van der Waals surface area contributed by atoms with Crippen molar-refractivity contribution in [1.29, 1.82) is 0 Å². The largest absolute Gasteiger partial charge is 0.466 e. The van der Waals surface area contributed by atoms with Gasteiger partial charge in [0.25, 0.3) is 0 Å². The molecule has 1 heteroatoms. The minimum atomic E-state index is 1.02. The summed E-state index contributed by atoms with van der Waals surface area (Å²) in [7, 11) is 0. The van der Waals surface area contributed by atoms with Crippen LogP contribution in [0.1, 0.15) is 33.8 Å². The van der Waals surface area contributed by atoms with Gasteiger partial charge in [-0.05, 0) is 80.0 Å². The van der Waals surface area contributed by atoms with Crippen LogP contribution in [0.15, 0.2) is 16.5 Å². The molecule has 0 radical (unpaired) electrons. The van der Waals surface area contributed by atoms with Crippen LogP contribution in [-0.2, 0) is 0 Å². The zero-order chi connectivity index (χ0) is 13.9. The monoisotopic (exact) mass is 252 g/mol. The van der Waals surface area contributed by atoms with Crippen molar-refractivity contribution in [3.8, 4) is 0 Å². The highest BCUT2D eigenvalue weighted by molar-refractivity contribution is 6.09. The molecule has 98 valence electrons. The van der Waals surface area contributed by atoms with Crippen molar-refractivity contribution in [3.63, 3.8) is 0 Å². The Kier molecular flexibility index (Phi) is 2.50. The quantitative estimate of drug-likeness (QED) is 0.519. The molecule has 2 aromatic carbocycles. The molecular weight excluding hydrogens is 232 g/mol. The van der Waals surface area contributed by atoms with Gasteiger partial charge >= 0.3 is 0 Å². The summed E-state index contributed by atoms with van der Waals surface area (Å²) in [6.45, 7) is 12.9. The number of hydrogen-bond acceptors (Lipinski definition) is 1. The summed E-state index contributed by atoms with van der Waals surface area (Å²) in [5.41, 5.74) is 5.35. The summed E-state index contributed by atoms with van der Waals surface area (Å²) >= 11 is 0. The summed E-state index contributed by atoms with van der Waals surface area (Å²) in [6.07, 6.45) is 0. The molecule has 3 rings (SSSR count). The number of hydrogen-bond donors (Lipinski definition) is 0. The maximum Gasteiger partial charge on any atom is 0.109 e. The van der Waals surface area contributed by atoms with Crippen molar-refractivity contribution >= 4 is 21.5 Å². The van der Waals surface area contributed by atoms with Gasteiger partial charge in [-0.2, -0.15) is 0 Å². The third-order valence-electron chi connectivity index (χ3n) is 4.50. The SMILES string of the molecule is Cc1oc(C)c2c(C)c3c(C)ccc3c(C)c2c1C. The maximum atomic E-state index is 5.92. The zero-order valence-corrected chi connectivity index (χ0v) is 12.6. The van der Waals surface area contributed by atoms with Gasteiger partial charge in [0.15, 0.2) is 0 Å². The molecule has 0 N–H and O–H groups in total. The fraction of sp³-hybridized carbons (Fsp3) is 0.333. The topological polar surface area (TPSA) is 13.1 Å². The van der Waals surface area contributed by atoms with Gasteiger partial charge < -0.3 is 4.42 Å². The molecule has 19 heavy (non-hydrogen) atoms. The van der Waals surface area contributed by atoms with Crippen LogP contribution >= 0.6 is 0 Å². The summed E-state index contributed by atoms with van der Waals surface area (Å²) < 4.78 is 5.92. The highest BCUT2D eigenvalue weighted by atomic mass is 16.3. The average molecular weight is 252 g/mol. The van der Waals surface area contributed by atoms with E-state index in [4.69, 9.17) is 4.42 Å². The Labute approximate surface area is 114 Å². The first-order chi connectivity index (χ1) is 8.93. The molecule has 0 aliphatic rings. The molecule has 0 spiro atoms. The van der Waals surface area contributed by atoms with Gasteiger partial charge in [0.2, 0.25) is 0 Å². The van der Waals surface area contributed by atoms with Gasteiger partial charge in [0.05, 0.1) is 0 Å². The second-order valence-electron chi connectivity index (χ2n) is 5.64. The van der Waals surface area contributed by atoms with Crippen LogP contribution in [-0.4, -0.2) is 0 Å². The van der Waals surface area contributed by atoms with E-state index >= 15 is 0 Å². The van der Waals surface area contributed by atoms with Crippen LogP contribution < -0.4 is 0 Å². The van der Waals surface area contributed by atoms with Crippen LogP contribution in [0.5, 0.6) is 0 Å². The second-order valence-corrected chi connectivity index (χ2v) is 5.64. The van der Waals surface area contributed by atoms with Gasteiger partial charge in [-0.25, -0.2) is 0 Å². The van der Waals surface area contributed by atoms with Crippen molar-refractivity contribution in [3.05, 3.63) is 45.9 Å². The standard InChI is InChI=1S/C18H20O/c1-9-7-8-15-11(3)17-10(2)13(5)19-14(6)18(17)12(4)16(9)15/h7-8H,1-6H3. The third kappa shape index (κ3) is 1.48. The van der Waals surface area contributed by atoms with E-state index in [1.807, 2.05) is 0 Å². The number of rotatable bonds is 0. The molecule has 3 aromatic rings. The Morgan fingerprint density at radius 2 is 1.32 bits per heavy atom. The lowest BCUT2D eigenvalue weighted by molar-refractivity contribution is 0.489. The predicted octanol–water partition coefficient (Wildman–Crippen LogP) is 5.44. The van der Waals surface area contributed by atoms with Gasteiger partial charge in [-0.1, -0.05) is 12.1 Å². The summed E-state index contributed by atoms with van der Waals surface area (Å²) in [6, 6.07) is 4.47. The van der Waals surface area contributed by atoms with Crippen molar-refractivity contribution < 1.29 is 4.42 Å². The molecule has 1 heterocycles. The Morgan fingerprint density at radius 1 is 0.632 bits per heavy atom. The minimum absolute atomic E-state index is 1.02. The molecule has 1 aromatic heterocycles. The highest BCUT2D eigenvalue weighted by Gasteiger charge is 2.16. The van der Waals surface area contributed by atoms with Gasteiger partial charge in [-0.15, -0.1) is 0 Å². The van der Waals surface area contributed by atoms with E-state index in [0.717, 1.165) is 11.5 Å². The zero-order valence-electron chi connectivity index (χ0n) is 12.6. The first-order valence-electron chi connectivity index (χ1n) is 6.82. The van der Waals surface area contributed by atoms with Gasteiger partial charge in [0, 0.05) is 5.39 Å². The van der Waals surface area contributed by atoms with Crippen molar-refractivity contribution in [2.75, 3.05) is 0 Å². The van der Waals surface area contributed by atoms with E-state index in [9.17, 15) is 0 Å². The molecule has 0 amide bonds. The fourth-order valence-electron chi connectivity index (χ4n) is 3.47. The molecule has 0 unspecified atom stereocenters. The summed E-state index contributed by atoms with van der Waals surface area (Å²) in [4.78, 5) is 0. The van der Waals surface area contributed by atoms with E-state index in [1.54, 1.807) is 0 Å². The highest BCUT2D eigenvalue weighted by Crippen LogP contribution is 2.38. The lowest BCUT2D eigenvalue weighted by atomic mass is 9.92. The van der Waals surface area contributed by atoms with Crippen LogP contribution in [0, 0.1) is 41.5 Å². The third-order valence-corrected chi connectivity index (χ3v) is 4.50. The molecule has 0 atom stereocenters. The second kappa shape index (κ2) is 3.86. The normalized spacial score (nSPS) is 11.7. The van der Waals surface area contributed by atoms with Crippen LogP contribution in [0.25, 0.3) is 21.5 Å². The van der Waals surface area contributed by atoms with Crippen LogP contribution in [0.3, 0.4) is 0 Å². The maximum absolute atomic E-state index is 5.92. The van der Waals surface area contributed by atoms with Gasteiger partial charge in [-0.3, -0.25) is 0 Å². The smallest absolute Gasteiger partial charge is 0.109 e. The van der Waals surface area contributed by atoms with E-state index in [2.05, 4.69) is 53.7 Å². The molecule has 0 bridgehead atoms. The predicted molar refractivity (Wildman–Crippen MR) is 82.1 cm³/mol. The van der Waals surface area contributed by atoms with E-state index < -0.39 is 0 Å². The van der Waals surface area contributed by atoms with Crippen molar-refractivity contribution in [2.45, 2.75) is 41.5 Å². The Hall–Kier alpha value is -1.76. The van der Waals surface area contributed by atoms with E-state index in [0.29, 0.717) is 0 Å². The molecule has 0 aliphatic heterocycles. The summed E-state index contributed by atoms with van der Waals surface area (Å²) in [5, 5.41) is 5.45. The molecular formula is C18H20O. The van der Waals surface area contributed by atoms with Crippen molar-refractivity contribution in [2.24, 2.45) is 0 Å². The Morgan fingerprint density at radius 3 is 2.00 bits per heavy atom. The van der Waals surface area contributed by atoms with Crippen molar-refractivity contribution in [1.82, 2.24) is 0 Å². The van der Waals surface area contributed by atoms with E-state index in [1.165, 1.54) is 43.8 Å². The molecule has 0 aliphatic carbocycles. The minimum Gasteiger partial charge on any atom is -0.466 e. The van der Waals surface area contributed by atoms with E-state index in [-0.39, 0.29) is 0 Å². The number of benzene rings is 1. The van der Waals surface area contributed by atoms with Crippen LogP contribution in [0.4, 0.5) is 0 Å². The lowest BCUT2D eigenvalue weighted by Crippen LogP contribution is -1.94. The number of fused-ring (bicyclic) bond motifs is 2. The average Bonchev–Trinajstić information content (AvgIpc) is 2.73. The summed E-state index contributed by atoms with van der Waals surface area (Å²) in [5.74, 6) is 2.05. The first kappa shape index (κ1) is 12.3. The van der Waals surface area contributed by atoms with Gasteiger partial charge in [0.1, 0.15) is 11.5 Å².